The van der Waals surface area contributed by atoms with Gasteiger partial charge in [0, 0.05) is 29.5 Å². The summed E-state index contributed by atoms with van der Waals surface area (Å²) in [5, 5.41) is 10.3. The number of hydrogen-bond acceptors (Lipinski definition) is 3. The van der Waals surface area contributed by atoms with Gasteiger partial charge in [-0.1, -0.05) is 41.9 Å². The molecule has 0 spiro atoms. The lowest BCUT2D eigenvalue weighted by Crippen LogP contribution is -2.63. The van der Waals surface area contributed by atoms with Gasteiger partial charge in [-0.15, -0.1) is 0 Å². The maximum absolute atomic E-state index is 13.1. The van der Waals surface area contributed by atoms with Crippen molar-refractivity contribution in [3.8, 4) is 5.75 Å². The van der Waals surface area contributed by atoms with Gasteiger partial charge in [-0.3, -0.25) is 14.5 Å². The molecule has 0 aliphatic carbocycles. The van der Waals surface area contributed by atoms with Crippen molar-refractivity contribution in [2.75, 3.05) is 0 Å². The molecule has 0 saturated carbocycles. The zero-order chi connectivity index (χ0) is 18.5. The number of carboxylic acid groups (broad SMARTS) is 1. The van der Waals surface area contributed by atoms with Crippen LogP contribution in [0.1, 0.15) is 30.4 Å². The third-order valence-corrected chi connectivity index (χ3v) is 5.49. The summed E-state index contributed by atoms with van der Waals surface area (Å²) in [6.07, 6.45) is 0.413. The summed E-state index contributed by atoms with van der Waals surface area (Å²) in [7, 11) is 0. The average Bonchev–Trinajstić information content (AvgIpc) is 2.60. The number of ether oxygens (including phenoxy) is 1. The van der Waals surface area contributed by atoms with E-state index in [9.17, 15) is 14.7 Å². The minimum absolute atomic E-state index is 0.301. The highest BCUT2D eigenvalue weighted by atomic mass is 35.5. The number of fused-ring (bicyclic) bond motifs is 4. The fourth-order valence-electron chi connectivity index (χ4n) is 4.02. The predicted octanol–water partition coefficient (Wildman–Crippen LogP) is 3.67. The normalized spacial score (nSPS) is 26.8. The summed E-state index contributed by atoms with van der Waals surface area (Å²) < 4.78 is 6.18. The summed E-state index contributed by atoms with van der Waals surface area (Å²) in [6, 6.07) is 14.7. The van der Waals surface area contributed by atoms with Crippen molar-refractivity contribution >= 4 is 23.5 Å². The number of halogens is 1. The van der Waals surface area contributed by atoms with E-state index in [1.807, 2.05) is 37.3 Å². The summed E-state index contributed by atoms with van der Waals surface area (Å²) in [5.41, 5.74) is 0.718. The zero-order valence-electron chi connectivity index (χ0n) is 14.2. The number of amides is 1. The predicted molar refractivity (Wildman–Crippen MR) is 96.0 cm³/mol. The van der Waals surface area contributed by atoms with Crippen LogP contribution in [-0.4, -0.2) is 27.6 Å². The number of benzene rings is 2. The quantitative estimate of drug-likeness (QED) is 0.836. The van der Waals surface area contributed by atoms with Crippen LogP contribution in [-0.2, 0) is 16.1 Å². The van der Waals surface area contributed by atoms with E-state index in [1.165, 1.54) is 0 Å². The second-order valence-electron chi connectivity index (χ2n) is 7.00. The first-order valence-electron chi connectivity index (χ1n) is 8.46. The van der Waals surface area contributed by atoms with E-state index < -0.39 is 29.4 Å². The highest BCUT2D eigenvalue weighted by Crippen LogP contribution is 2.51. The van der Waals surface area contributed by atoms with Crippen LogP contribution in [0.2, 0.25) is 5.02 Å². The Morgan fingerprint density at radius 2 is 2.04 bits per heavy atom. The van der Waals surface area contributed by atoms with Crippen molar-refractivity contribution in [2.45, 2.75) is 31.5 Å². The summed E-state index contributed by atoms with van der Waals surface area (Å²) in [6.45, 7) is 2.14. The maximum Gasteiger partial charge on any atom is 0.316 e. The van der Waals surface area contributed by atoms with Crippen molar-refractivity contribution in [1.82, 2.24) is 4.90 Å². The highest BCUT2D eigenvalue weighted by Gasteiger charge is 2.56. The molecule has 1 amide bonds. The molecule has 0 unspecified atom stereocenters. The molecule has 2 aliphatic heterocycles. The maximum atomic E-state index is 13.1. The largest absolute Gasteiger partial charge is 0.481 e. The number of carboxylic acids is 1. The van der Waals surface area contributed by atoms with Crippen LogP contribution in [0.3, 0.4) is 0 Å². The molecule has 2 aromatic rings. The summed E-state index contributed by atoms with van der Waals surface area (Å²) >= 11 is 6.09. The van der Waals surface area contributed by atoms with Crippen LogP contribution < -0.4 is 4.74 Å². The van der Waals surface area contributed by atoms with E-state index >= 15 is 0 Å². The summed E-state index contributed by atoms with van der Waals surface area (Å²) in [5.74, 6) is -2.56. The van der Waals surface area contributed by atoms with E-state index in [2.05, 4.69) is 0 Å². The summed E-state index contributed by atoms with van der Waals surface area (Å²) in [4.78, 5) is 26.6. The SMILES string of the molecule is C[C@]12C[C@H](c3cc(Cl)ccc3O1)[C@H](C(=O)O)C(=O)N2Cc1ccccc1. The van der Waals surface area contributed by atoms with Crippen LogP contribution in [0.25, 0.3) is 0 Å². The molecule has 1 N–H and O–H groups in total. The van der Waals surface area contributed by atoms with Crippen molar-refractivity contribution in [1.29, 1.82) is 0 Å². The number of aliphatic carboxylic acids is 1. The van der Waals surface area contributed by atoms with E-state index in [1.54, 1.807) is 23.1 Å². The molecule has 1 fully saturated rings. The number of carbonyl (C=O) groups excluding carboxylic acids is 1. The van der Waals surface area contributed by atoms with E-state index in [4.69, 9.17) is 16.3 Å². The molecule has 2 bridgehead atoms. The second-order valence-corrected chi connectivity index (χ2v) is 7.43. The van der Waals surface area contributed by atoms with Crippen molar-refractivity contribution < 1.29 is 19.4 Å². The van der Waals surface area contributed by atoms with Gasteiger partial charge in [0.25, 0.3) is 0 Å². The molecule has 2 aliphatic rings. The smallest absolute Gasteiger partial charge is 0.316 e. The number of carbonyl (C=O) groups is 2. The Morgan fingerprint density at radius 3 is 2.73 bits per heavy atom. The van der Waals surface area contributed by atoms with Crippen LogP contribution >= 0.6 is 11.6 Å². The highest BCUT2D eigenvalue weighted by molar-refractivity contribution is 6.30. The molecular weight excluding hydrogens is 354 g/mol. The molecule has 2 aromatic carbocycles. The lowest BCUT2D eigenvalue weighted by atomic mass is 9.73. The molecule has 6 heteroatoms. The van der Waals surface area contributed by atoms with Gasteiger partial charge in [-0.05, 0) is 30.7 Å². The van der Waals surface area contributed by atoms with Gasteiger partial charge in [0.1, 0.15) is 11.7 Å². The van der Waals surface area contributed by atoms with Crippen LogP contribution in [0.15, 0.2) is 48.5 Å². The lowest BCUT2D eigenvalue weighted by molar-refractivity contribution is -0.181. The van der Waals surface area contributed by atoms with Crippen molar-refractivity contribution in [3.63, 3.8) is 0 Å². The molecule has 1 saturated heterocycles. The zero-order valence-corrected chi connectivity index (χ0v) is 14.9. The number of likely N-dealkylation sites (tertiary alicyclic amines) is 1. The third-order valence-electron chi connectivity index (χ3n) is 5.25. The average molecular weight is 372 g/mol. The molecule has 4 rings (SSSR count). The van der Waals surface area contributed by atoms with Gasteiger partial charge < -0.3 is 9.84 Å². The fraction of sp³-hybridized carbons (Fsp3) is 0.300. The van der Waals surface area contributed by atoms with Crippen LogP contribution in [0, 0.1) is 5.92 Å². The monoisotopic (exact) mass is 371 g/mol. The first kappa shape index (κ1) is 16.9. The molecule has 0 radical (unpaired) electrons. The lowest BCUT2D eigenvalue weighted by Gasteiger charge is -2.52. The van der Waals surface area contributed by atoms with E-state index in [0.717, 1.165) is 5.56 Å². The molecule has 26 heavy (non-hydrogen) atoms. The molecule has 5 nitrogen and oxygen atoms in total. The van der Waals surface area contributed by atoms with Crippen molar-refractivity contribution in [3.05, 3.63) is 64.7 Å². The van der Waals surface area contributed by atoms with Gasteiger partial charge >= 0.3 is 5.97 Å². The molecule has 3 atom stereocenters. The van der Waals surface area contributed by atoms with Gasteiger partial charge in [0.2, 0.25) is 5.91 Å². The standard InChI is InChI=1S/C20H18ClNO4/c1-20-10-15(14-9-13(21)7-8-16(14)26-20)17(19(24)25)18(23)22(20)11-12-5-3-2-4-6-12/h2-9,15,17H,10-11H2,1H3,(H,24,25)/t15-,17+,20-/m1/s1. The van der Waals surface area contributed by atoms with Gasteiger partial charge in [-0.25, -0.2) is 0 Å². The van der Waals surface area contributed by atoms with E-state index in [0.29, 0.717) is 29.3 Å². The first-order valence-corrected chi connectivity index (χ1v) is 8.83. The Kier molecular flexibility index (Phi) is 3.92. The van der Waals surface area contributed by atoms with Crippen LogP contribution in [0.5, 0.6) is 5.75 Å². The number of rotatable bonds is 3. The van der Waals surface area contributed by atoms with Crippen LogP contribution in [0.4, 0.5) is 0 Å². The first-order chi connectivity index (χ1) is 12.4. The topological polar surface area (TPSA) is 66.8 Å². The van der Waals surface area contributed by atoms with Crippen molar-refractivity contribution in [2.24, 2.45) is 5.92 Å². The van der Waals surface area contributed by atoms with E-state index in [-0.39, 0.29) is 0 Å². The Morgan fingerprint density at radius 1 is 1.31 bits per heavy atom. The van der Waals surface area contributed by atoms with Gasteiger partial charge in [-0.2, -0.15) is 0 Å². The number of piperidine rings is 1. The second kappa shape index (κ2) is 6.02. The molecular formula is C20H18ClNO4. The Bertz CT molecular complexity index is 885. The van der Waals surface area contributed by atoms with Gasteiger partial charge in [0.05, 0.1) is 0 Å². The minimum atomic E-state index is -1.15. The minimum Gasteiger partial charge on any atom is -0.481 e. The number of nitrogens with zero attached hydrogens (tertiary/aromatic N) is 1. The molecule has 2 heterocycles. The molecule has 0 aromatic heterocycles. The number of hydrogen-bond donors (Lipinski definition) is 1. The Hall–Kier alpha value is -2.53. The van der Waals surface area contributed by atoms with Gasteiger partial charge in [0.15, 0.2) is 5.72 Å². The Labute approximate surface area is 156 Å². The molecule has 134 valence electrons. The fourth-order valence-corrected chi connectivity index (χ4v) is 4.20. The third kappa shape index (κ3) is 2.63. The Balaban J connectivity index is 1.80.